The summed E-state index contributed by atoms with van der Waals surface area (Å²) in [6.45, 7) is 2.91. The fourth-order valence-corrected chi connectivity index (χ4v) is 2.83. The lowest BCUT2D eigenvalue weighted by atomic mass is 10.1. The zero-order valence-electron chi connectivity index (χ0n) is 9.83. The number of nitrogens with one attached hydrogen (secondary N) is 1. The van der Waals surface area contributed by atoms with Gasteiger partial charge in [-0.2, -0.15) is 0 Å². The van der Waals surface area contributed by atoms with Gasteiger partial charge in [-0.1, -0.05) is 29.3 Å². The second-order valence-corrected chi connectivity index (χ2v) is 4.91. The number of halogens is 4. The summed E-state index contributed by atoms with van der Waals surface area (Å²) < 4.78 is 13.3. The lowest BCUT2D eigenvalue weighted by molar-refractivity contribution is 0.147. The Balaban J connectivity index is 0.00000162. The summed E-state index contributed by atoms with van der Waals surface area (Å²) in [5.74, 6) is 0. The maximum absolute atomic E-state index is 13.3. The standard InChI is InChI=1S/C12H15Cl2FN2.ClH/c13-9-2-1-3-10(14)12(9)11(8-15)17-6-4-16-5-7-17;/h1-3,11,16H,4-8H2;1H/t11-;/m1./s1. The zero-order valence-corrected chi connectivity index (χ0v) is 12.2. The minimum Gasteiger partial charge on any atom is -0.314 e. The van der Waals surface area contributed by atoms with Gasteiger partial charge in [0, 0.05) is 41.8 Å². The largest absolute Gasteiger partial charge is 0.314 e. The van der Waals surface area contributed by atoms with Crippen LogP contribution in [0.2, 0.25) is 10.0 Å². The van der Waals surface area contributed by atoms with Gasteiger partial charge in [-0.3, -0.25) is 4.90 Å². The minimum absolute atomic E-state index is 0. The molecule has 18 heavy (non-hydrogen) atoms. The van der Waals surface area contributed by atoms with Crippen LogP contribution in [0.4, 0.5) is 4.39 Å². The highest BCUT2D eigenvalue weighted by molar-refractivity contribution is 6.36. The van der Waals surface area contributed by atoms with Gasteiger partial charge in [0.2, 0.25) is 0 Å². The predicted molar refractivity (Wildman–Crippen MR) is 76.9 cm³/mol. The Morgan fingerprint density at radius 1 is 1.22 bits per heavy atom. The van der Waals surface area contributed by atoms with Crippen molar-refractivity contribution >= 4 is 35.6 Å². The molecule has 6 heteroatoms. The van der Waals surface area contributed by atoms with Crippen molar-refractivity contribution in [3.8, 4) is 0 Å². The van der Waals surface area contributed by atoms with E-state index in [2.05, 4.69) is 10.2 Å². The van der Waals surface area contributed by atoms with Crippen LogP contribution in [0.25, 0.3) is 0 Å². The molecule has 1 aliphatic heterocycles. The molecule has 0 amide bonds. The molecule has 2 rings (SSSR count). The molecule has 0 unspecified atom stereocenters. The SMILES string of the molecule is Cl.FC[C@H](c1c(Cl)cccc1Cl)N1CCNCC1. The van der Waals surface area contributed by atoms with Gasteiger partial charge in [0.1, 0.15) is 6.67 Å². The summed E-state index contributed by atoms with van der Waals surface area (Å²) in [5.41, 5.74) is 0.709. The first-order valence-electron chi connectivity index (χ1n) is 5.68. The molecule has 2 nitrogen and oxygen atoms in total. The average molecular weight is 314 g/mol. The Bertz CT molecular complexity index is 363. The first-order chi connectivity index (χ1) is 8.24. The van der Waals surface area contributed by atoms with Crippen LogP contribution in [-0.4, -0.2) is 37.8 Å². The molecule has 0 bridgehead atoms. The van der Waals surface area contributed by atoms with Crippen molar-refractivity contribution in [2.75, 3.05) is 32.9 Å². The van der Waals surface area contributed by atoms with Crippen LogP contribution in [0.1, 0.15) is 11.6 Å². The number of piperazine rings is 1. The first-order valence-corrected chi connectivity index (χ1v) is 6.44. The highest BCUT2D eigenvalue weighted by Crippen LogP contribution is 2.34. The Kier molecular flexibility index (Phi) is 6.67. The summed E-state index contributed by atoms with van der Waals surface area (Å²) in [7, 11) is 0. The van der Waals surface area contributed by atoms with Crippen LogP contribution in [-0.2, 0) is 0 Å². The highest BCUT2D eigenvalue weighted by Gasteiger charge is 2.25. The van der Waals surface area contributed by atoms with Crippen LogP contribution < -0.4 is 5.32 Å². The maximum Gasteiger partial charge on any atom is 0.109 e. The zero-order chi connectivity index (χ0) is 12.3. The van der Waals surface area contributed by atoms with Crippen molar-refractivity contribution in [3.05, 3.63) is 33.8 Å². The molecule has 0 aromatic heterocycles. The van der Waals surface area contributed by atoms with Gasteiger partial charge in [-0.15, -0.1) is 12.4 Å². The molecule has 1 aliphatic rings. The molecular weight excluding hydrogens is 298 g/mol. The molecule has 0 aliphatic carbocycles. The topological polar surface area (TPSA) is 15.3 Å². The van der Waals surface area contributed by atoms with E-state index in [-0.39, 0.29) is 18.4 Å². The number of hydrogen-bond acceptors (Lipinski definition) is 2. The molecule has 0 saturated carbocycles. The van der Waals surface area contributed by atoms with Gasteiger partial charge in [0.05, 0.1) is 6.04 Å². The molecule has 1 atom stereocenters. The third-order valence-electron chi connectivity index (χ3n) is 3.07. The molecule has 102 valence electrons. The van der Waals surface area contributed by atoms with E-state index in [1.165, 1.54) is 0 Å². The number of benzene rings is 1. The normalized spacial score (nSPS) is 18.2. The number of rotatable bonds is 3. The van der Waals surface area contributed by atoms with E-state index in [1.807, 2.05) is 0 Å². The fourth-order valence-electron chi connectivity index (χ4n) is 2.18. The molecule has 1 aromatic rings. The van der Waals surface area contributed by atoms with Crippen LogP contribution in [0.15, 0.2) is 18.2 Å². The second kappa shape index (κ2) is 7.51. The minimum atomic E-state index is -0.469. The summed E-state index contributed by atoms with van der Waals surface area (Å²) in [5, 5.41) is 4.33. The molecule has 1 N–H and O–H groups in total. The Hall–Kier alpha value is -0.0600. The summed E-state index contributed by atoms with van der Waals surface area (Å²) >= 11 is 12.3. The molecule has 0 spiro atoms. The summed E-state index contributed by atoms with van der Waals surface area (Å²) in [4.78, 5) is 2.09. The lowest BCUT2D eigenvalue weighted by Crippen LogP contribution is -2.45. The van der Waals surface area contributed by atoms with Gasteiger partial charge in [0.15, 0.2) is 0 Å². The molecule has 1 saturated heterocycles. The second-order valence-electron chi connectivity index (χ2n) is 4.09. The van der Waals surface area contributed by atoms with Crippen LogP contribution >= 0.6 is 35.6 Å². The first kappa shape index (κ1) is 16.0. The molecule has 1 heterocycles. The van der Waals surface area contributed by atoms with Crippen molar-refractivity contribution in [2.24, 2.45) is 0 Å². The van der Waals surface area contributed by atoms with Gasteiger partial charge in [0.25, 0.3) is 0 Å². The quantitative estimate of drug-likeness (QED) is 0.921. The van der Waals surface area contributed by atoms with Crippen molar-refractivity contribution in [2.45, 2.75) is 6.04 Å². The lowest BCUT2D eigenvalue weighted by Gasteiger charge is -2.34. The van der Waals surface area contributed by atoms with Crippen LogP contribution in [0.3, 0.4) is 0 Å². The Labute approximate surface area is 123 Å². The highest BCUT2D eigenvalue weighted by atomic mass is 35.5. The third-order valence-corrected chi connectivity index (χ3v) is 3.73. The van der Waals surface area contributed by atoms with Crippen molar-refractivity contribution < 1.29 is 4.39 Å². The van der Waals surface area contributed by atoms with Gasteiger partial charge in [-0.25, -0.2) is 4.39 Å². The van der Waals surface area contributed by atoms with Crippen molar-refractivity contribution in [1.82, 2.24) is 10.2 Å². The third kappa shape index (κ3) is 3.49. The number of hydrogen-bond donors (Lipinski definition) is 1. The smallest absolute Gasteiger partial charge is 0.109 e. The van der Waals surface area contributed by atoms with E-state index in [9.17, 15) is 4.39 Å². The van der Waals surface area contributed by atoms with E-state index in [0.29, 0.717) is 15.6 Å². The molecule has 0 radical (unpaired) electrons. The molecule has 1 aromatic carbocycles. The van der Waals surface area contributed by atoms with E-state index >= 15 is 0 Å². The van der Waals surface area contributed by atoms with E-state index in [0.717, 1.165) is 26.2 Å². The summed E-state index contributed by atoms with van der Waals surface area (Å²) in [6.07, 6.45) is 0. The van der Waals surface area contributed by atoms with E-state index < -0.39 is 6.67 Å². The predicted octanol–water partition coefficient (Wildman–Crippen LogP) is 3.33. The average Bonchev–Trinajstić information content (AvgIpc) is 2.35. The molecular formula is C12H16Cl3FN2. The van der Waals surface area contributed by atoms with Crippen molar-refractivity contribution in [3.63, 3.8) is 0 Å². The van der Waals surface area contributed by atoms with Gasteiger partial charge < -0.3 is 5.32 Å². The maximum atomic E-state index is 13.3. The van der Waals surface area contributed by atoms with Gasteiger partial charge >= 0.3 is 0 Å². The van der Waals surface area contributed by atoms with Crippen molar-refractivity contribution in [1.29, 1.82) is 0 Å². The van der Waals surface area contributed by atoms with Gasteiger partial charge in [-0.05, 0) is 12.1 Å². The fraction of sp³-hybridized carbons (Fsp3) is 0.500. The number of alkyl halides is 1. The van der Waals surface area contributed by atoms with E-state index in [1.54, 1.807) is 18.2 Å². The Morgan fingerprint density at radius 3 is 2.28 bits per heavy atom. The van der Waals surface area contributed by atoms with Crippen LogP contribution in [0.5, 0.6) is 0 Å². The number of nitrogens with zero attached hydrogens (tertiary/aromatic N) is 1. The monoisotopic (exact) mass is 312 g/mol. The summed E-state index contributed by atoms with van der Waals surface area (Å²) in [6, 6.07) is 4.96. The van der Waals surface area contributed by atoms with E-state index in [4.69, 9.17) is 23.2 Å². The molecule has 1 fully saturated rings. The van der Waals surface area contributed by atoms with Crippen LogP contribution in [0, 0.1) is 0 Å². The Morgan fingerprint density at radius 2 is 1.78 bits per heavy atom.